The minimum atomic E-state index is -0.924. The van der Waals surface area contributed by atoms with Crippen molar-refractivity contribution < 1.29 is 14.6 Å². The van der Waals surface area contributed by atoms with Crippen molar-refractivity contribution in [1.29, 1.82) is 0 Å². The molecule has 1 unspecified atom stereocenters. The summed E-state index contributed by atoms with van der Waals surface area (Å²) < 4.78 is 5.39. The Morgan fingerprint density at radius 1 is 1.29 bits per heavy atom. The number of aromatic carboxylic acids is 1. The fraction of sp³-hybridized carbons (Fsp3) is 0.533. The van der Waals surface area contributed by atoms with Gasteiger partial charge in [0, 0.05) is 37.9 Å². The van der Waals surface area contributed by atoms with Crippen LogP contribution in [-0.2, 0) is 4.74 Å². The molecule has 6 nitrogen and oxygen atoms in total. The molecule has 3 rings (SSSR count). The Morgan fingerprint density at radius 3 is 2.76 bits per heavy atom. The van der Waals surface area contributed by atoms with Crippen molar-refractivity contribution in [1.82, 2.24) is 4.90 Å². The summed E-state index contributed by atoms with van der Waals surface area (Å²) in [5.74, 6) is -0.924. The fourth-order valence-corrected chi connectivity index (χ4v) is 3.20. The maximum absolute atomic E-state index is 11.4. The van der Waals surface area contributed by atoms with E-state index < -0.39 is 5.97 Å². The average Bonchev–Trinajstić information content (AvgIpc) is 2.97. The summed E-state index contributed by atoms with van der Waals surface area (Å²) in [6.07, 6.45) is 1.06. The second-order valence-corrected chi connectivity index (χ2v) is 5.62. The molecule has 0 aliphatic carbocycles. The predicted octanol–water partition coefficient (Wildman–Crippen LogP) is 0.878. The first-order valence-corrected chi connectivity index (χ1v) is 7.35. The van der Waals surface area contributed by atoms with Crippen LogP contribution in [0.5, 0.6) is 0 Å². The highest BCUT2D eigenvalue weighted by molar-refractivity contribution is 5.95. The highest BCUT2D eigenvalue weighted by atomic mass is 16.5. The van der Waals surface area contributed by atoms with Gasteiger partial charge in [0.05, 0.1) is 24.5 Å². The number of carboxylic acid groups (broad SMARTS) is 1. The lowest BCUT2D eigenvalue weighted by Crippen LogP contribution is -2.44. The molecular weight excluding hydrogens is 270 g/mol. The van der Waals surface area contributed by atoms with Gasteiger partial charge in [0.15, 0.2) is 0 Å². The normalized spacial score (nSPS) is 23.4. The van der Waals surface area contributed by atoms with Gasteiger partial charge in [0.1, 0.15) is 0 Å². The molecule has 1 aromatic carbocycles. The van der Waals surface area contributed by atoms with Crippen molar-refractivity contribution in [3.8, 4) is 0 Å². The number of benzene rings is 1. The van der Waals surface area contributed by atoms with E-state index in [2.05, 4.69) is 9.80 Å². The van der Waals surface area contributed by atoms with Gasteiger partial charge in [0.25, 0.3) is 0 Å². The molecule has 0 bridgehead atoms. The van der Waals surface area contributed by atoms with Crippen molar-refractivity contribution in [3.05, 3.63) is 23.8 Å². The second kappa shape index (κ2) is 5.91. The van der Waals surface area contributed by atoms with Gasteiger partial charge >= 0.3 is 5.97 Å². The van der Waals surface area contributed by atoms with Crippen LogP contribution in [0.15, 0.2) is 18.2 Å². The van der Waals surface area contributed by atoms with Crippen molar-refractivity contribution in [3.63, 3.8) is 0 Å². The molecule has 0 amide bonds. The standard InChI is InChI=1S/C15H21N3O3/c16-11-1-2-14(13(9-11)15(19)20)18-4-3-12(10-18)17-5-7-21-8-6-17/h1-2,9,12H,3-8,10,16H2,(H,19,20). The van der Waals surface area contributed by atoms with Gasteiger partial charge in [-0.3, -0.25) is 4.90 Å². The van der Waals surface area contributed by atoms with Gasteiger partial charge in [0.2, 0.25) is 0 Å². The van der Waals surface area contributed by atoms with E-state index in [9.17, 15) is 9.90 Å². The topological polar surface area (TPSA) is 79.0 Å². The van der Waals surface area contributed by atoms with Crippen LogP contribution in [0.2, 0.25) is 0 Å². The molecule has 0 aromatic heterocycles. The fourth-order valence-electron chi connectivity index (χ4n) is 3.20. The van der Waals surface area contributed by atoms with Crippen LogP contribution in [0.4, 0.5) is 11.4 Å². The first-order valence-electron chi connectivity index (χ1n) is 7.35. The maximum atomic E-state index is 11.4. The lowest BCUT2D eigenvalue weighted by atomic mass is 10.1. The third-order valence-electron chi connectivity index (χ3n) is 4.32. The summed E-state index contributed by atoms with van der Waals surface area (Å²) in [5, 5.41) is 9.36. The van der Waals surface area contributed by atoms with E-state index >= 15 is 0 Å². The van der Waals surface area contributed by atoms with Crippen molar-refractivity contribution in [2.45, 2.75) is 12.5 Å². The van der Waals surface area contributed by atoms with Crippen LogP contribution < -0.4 is 10.6 Å². The van der Waals surface area contributed by atoms with Crippen molar-refractivity contribution in [2.24, 2.45) is 0 Å². The summed E-state index contributed by atoms with van der Waals surface area (Å²) in [7, 11) is 0. The number of nitrogen functional groups attached to an aromatic ring is 1. The number of ether oxygens (including phenoxy) is 1. The van der Waals surface area contributed by atoms with Gasteiger partial charge in [-0.25, -0.2) is 4.79 Å². The quantitative estimate of drug-likeness (QED) is 0.805. The Labute approximate surface area is 124 Å². The molecule has 0 spiro atoms. The molecule has 3 N–H and O–H groups in total. The van der Waals surface area contributed by atoms with Gasteiger partial charge in [-0.2, -0.15) is 0 Å². The zero-order valence-electron chi connectivity index (χ0n) is 12.0. The Balaban J connectivity index is 1.75. The van der Waals surface area contributed by atoms with E-state index in [4.69, 9.17) is 10.5 Å². The van der Waals surface area contributed by atoms with E-state index in [1.165, 1.54) is 0 Å². The van der Waals surface area contributed by atoms with Gasteiger partial charge in [-0.1, -0.05) is 0 Å². The monoisotopic (exact) mass is 291 g/mol. The van der Waals surface area contributed by atoms with Crippen LogP contribution in [0.3, 0.4) is 0 Å². The molecule has 1 aromatic rings. The average molecular weight is 291 g/mol. The third kappa shape index (κ3) is 2.96. The van der Waals surface area contributed by atoms with Crippen LogP contribution in [0.25, 0.3) is 0 Å². The molecule has 2 saturated heterocycles. The number of hydrogen-bond acceptors (Lipinski definition) is 5. The van der Waals surface area contributed by atoms with Crippen LogP contribution in [0, 0.1) is 0 Å². The van der Waals surface area contributed by atoms with Crippen LogP contribution >= 0.6 is 0 Å². The summed E-state index contributed by atoms with van der Waals surface area (Å²) in [5.41, 5.74) is 7.25. The largest absolute Gasteiger partial charge is 0.478 e. The number of carboxylic acids is 1. The highest BCUT2D eigenvalue weighted by Crippen LogP contribution is 2.28. The molecule has 1 atom stereocenters. The summed E-state index contributed by atoms with van der Waals surface area (Å²) >= 11 is 0. The zero-order chi connectivity index (χ0) is 14.8. The van der Waals surface area contributed by atoms with E-state index in [0.29, 0.717) is 11.7 Å². The molecule has 2 heterocycles. The lowest BCUT2D eigenvalue weighted by Gasteiger charge is -2.32. The van der Waals surface area contributed by atoms with E-state index in [1.54, 1.807) is 12.1 Å². The SMILES string of the molecule is Nc1ccc(N2CCC(N3CCOCC3)C2)c(C(=O)O)c1. The molecule has 0 saturated carbocycles. The van der Waals surface area contributed by atoms with E-state index in [-0.39, 0.29) is 5.56 Å². The first-order chi connectivity index (χ1) is 10.1. The Bertz CT molecular complexity index is 529. The van der Waals surface area contributed by atoms with Gasteiger partial charge in [-0.15, -0.1) is 0 Å². The maximum Gasteiger partial charge on any atom is 0.337 e. The van der Waals surface area contributed by atoms with E-state index in [0.717, 1.165) is 51.5 Å². The predicted molar refractivity (Wildman–Crippen MR) is 80.8 cm³/mol. The minimum Gasteiger partial charge on any atom is -0.478 e. The molecule has 114 valence electrons. The number of anilines is 2. The molecule has 21 heavy (non-hydrogen) atoms. The lowest BCUT2D eigenvalue weighted by molar-refractivity contribution is 0.0209. The summed E-state index contributed by atoms with van der Waals surface area (Å²) in [6, 6.07) is 5.61. The Hall–Kier alpha value is -1.79. The molecule has 6 heteroatoms. The van der Waals surface area contributed by atoms with Gasteiger partial charge < -0.3 is 20.5 Å². The zero-order valence-corrected chi connectivity index (χ0v) is 12.0. The molecule has 2 aliphatic heterocycles. The number of nitrogens with two attached hydrogens (primary N) is 1. The summed E-state index contributed by atoms with van der Waals surface area (Å²) in [4.78, 5) is 16.0. The molecule has 2 fully saturated rings. The third-order valence-corrected chi connectivity index (χ3v) is 4.32. The highest BCUT2D eigenvalue weighted by Gasteiger charge is 2.30. The minimum absolute atomic E-state index is 0.289. The Kier molecular flexibility index (Phi) is 3.98. The van der Waals surface area contributed by atoms with Crippen LogP contribution in [0.1, 0.15) is 16.8 Å². The van der Waals surface area contributed by atoms with Gasteiger partial charge in [-0.05, 0) is 24.6 Å². The second-order valence-electron chi connectivity index (χ2n) is 5.62. The first kappa shape index (κ1) is 14.2. The molecule has 2 aliphatic rings. The van der Waals surface area contributed by atoms with Crippen molar-refractivity contribution >= 4 is 17.3 Å². The van der Waals surface area contributed by atoms with Crippen molar-refractivity contribution in [2.75, 3.05) is 50.0 Å². The number of carbonyl (C=O) groups is 1. The van der Waals surface area contributed by atoms with E-state index in [1.807, 2.05) is 6.07 Å². The molecule has 0 radical (unpaired) electrons. The number of morpholine rings is 1. The summed E-state index contributed by atoms with van der Waals surface area (Å²) in [6.45, 7) is 5.26. The number of nitrogens with zero attached hydrogens (tertiary/aromatic N) is 2. The number of hydrogen-bond donors (Lipinski definition) is 2. The Morgan fingerprint density at radius 2 is 2.05 bits per heavy atom. The smallest absolute Gasteiger partial charge is 0.337 e. The van der Waals surface area contributed by atoms with Crippen LogP contribution in [-0.4, -0.2) is 61.4 Å². The number of rotatable bonds is 3. The molecular formula is C15H21N3O3.